The molecule has 3 N–H and O–H groups in total. The van der Waals surface area contributed by atoms with Crippen molar-refractivity contribution < 1.29 is 9.53 Å². The molecule has 0 spiro atoms. The van der Waals surface area contributed by atoms with Gasteiger partial charge in [-0.05, 0) is 31.9 Å². The number of nitrogen functional groups attached to an aromatic ring is 1. The third-order valence-corrected chi connectivity index (χ3v) is 2.51. The molecule has 0 aromatic heterocycles. The van der Waals surface area contributed by atoms with E-state index in [-0.39, 0.29) is 5.91 Å². The first-order chi connectivity index (χ1) is 8.15. The molecule has 0 radical (unpaired) electrons. The van der Waals surface area contributed by atoms with E-state index in [1.165, 1.54) is 0 Å². The zero-order valence-corrected chi connectivity index (χ0v) is 10.4. The maximum atomic E-state index is 11.4. The minimum atomic E-state index is -0.417. The van der Waals surface area contributed by atoms with Gasteiger partial charge in [0.15, 0.2) is 0 Å². The lowest BCUT2D eigenvalue weighted by Crippen LogP contribution is -2.34. The molecule has 1 aromatic carbocycles. The third-order valence-electron chi connectivity index (χ3n) is 2.51. The van der Waals surface area contributed by atoms with Gasteiger partial charge >= 0.3 is 0 Å². The highest BCUT2D eigenvalue weighted by molar-refractivity contribution is 5.80. The van der Waals surface area contributed by atoms with Crippen molar-refractivity contribution in [2.45, 2.75) is 26.4 Å². The van der Waals surface area contributed by atoms with Gasteiger partial charge in [-0.1, -0.05) is 18.2 Å². The molecule has 0 aliphatic carbocycles. The zero-order valence-electron chi connectivity index (χ0n) is 10.4. The van der Waals surface area contributed by atoms with E-state index < -0.39 is 6.10 Å². The van der Waals surface area contributed by atoms with Crippen LogP contribution in [0.3, 0.4) is 0 Å². The van der Waals surface area contributed by atoms with Gasteiger partial charge in [0.1, 0.15) is 6.10 Å². The largest absolute Gasteiger partial charge is 0.399 e. The Morgan fingerprint density at radius 1 is 1.47 bits per heavy atom. The van der Waals surface area contributed by atoms with E-state index >= 15 is 0 Å². The molecule has 0 saturated carbocycles. The molecule has 0 bridgehead atoms. The van der Waals surface area contributed by atoms with Crippen LogP contribution >= 0.6 is 0 Å². The molecular weight excluding hydrogens is 216 g/mol. The van der Waals surface area contributed by atoms with Crippen LogP contribution in [0.25, 0.3) is 0 Å². The number of nitrogens with two attached hydrogens (primary N) is 1. The number of likely N-dealkylation sites (N-methyl/N-ethyl adjacent to an activating group) is 1. The second-order valence-corrected chi connectivity index (χ2v) is 3.86. The Kier molecular flexibility index (Phi) is 5.49. The molecule has 1 rings (SSSR count). The fraction of sp³-hybridized carbons (Fsp3) is 0.462. The van der Waals surface area contributed by atoms with Crippen molar-refractivity contribution in [3.05, 3.63) is 29.8 Å². The highest BCUT2D eigenvalue weighted by Gasteiger charge is 2.11. The molecule has 17 heavy (non-hydrogen) atoms. The fourth-order valence-corrected chi connectivity index (χ4v) is 1.50. The van der Waals surface area contributed by atoms with Gasteiger partial charge in [-0.3, -0.25) is 4.79 Å². The molecule has 94 valence electrons. The number of benzene rings is 1. The van der Waals surface area contributed by atoms with E-state index in [1.54, 1.807) is 6.92 Å². The van der Waals surface area contributed by atoms with Gasteiger partial charge in [0.05, 0.1) is 6.61 Å². The number of ether oxygens (including phenoxy) is 1. The minimum absolute atomic E-state index is 0.0754. The summed E-state index contributed by atoms with van der Waals surface area (Å²) in [5.74, 6) is -0.0754. The number of para-hydroxylation sites is 1. The lowest BCUT2D eigenvalue weighted by Gasteiger charge is -2.13. The first-order valence-electron chi connectivity index (χ1n) is 5.87. The van der Waals surface area contributed by atoms with Crippen molar-refractivity contribution in [2.75, 3.05) is 18.9 Å². The van der Waals surface area contributed by atoms with E-state index in [0.717, 1.165) is 17.7 Å². The van der Waals surface area contributed by atoms with Crippen LogP contribution in [0.2, 0.25) is 0 Å². The van der Waals surface area contributed by atoms with Gasteiger partial charge < -0.3 is 15.8 Å². The third kappa shape index (κ3) is 4.44. The highest BCUT2D eigenvalue weighted by Crippen LogP contribution is 2.11. The Morgan fingerprint density at radius 2 is 2.18 bits per heavy atom. The Balaban J connectivity index is 2.33. The Bertz CT molecular complexity index is 366. The smallest absolute Gasteiger partial charge is 0.248 e. The summed E-state index contributed by atoms with van der Waals surface area (Å²) in [6.07, 6.45) is 0.302. The molecule has 0 aliphatic rings. The number of nitrogens with one attached hydrogen (secondary N) is 1. The molecule has 1 aromatic rings. The number of carbonyl (C=O) groups is 1. The molecule has 0 heterocycles. The summed E-state index contributed by atoms with van der Waals surface area (Å²) in [5, 5.41) is 2.72. The number of hydrogen-bond donors (Lipinski definition) is 2. The summed E-state index contributed by atoms with van der Waals surface area (Å²) < 4.78 is 5.45. The molecule has 0 fully saturated rings. The van der Waals surface area contributed by atoms with Crippen molar-refractivity contribution in [1.82, 2.24) is 5.32 Å². The summed E-state index contributed by atoms with van der Waals surface area (Å²) in [7, 11) is 0. The molecule has 1 amide bonds. The molecule has 0 saturated heterocycles. The quantitative estimate of drug-likeness (QED) is 0.733. The number of hydrogen-bond acceptors (Lipinski definition) is 3. The molecule has 1 unspecified atom stereocenters. The van der Waals surface area contributed by atoms with Crippen LogP contribution < -0.4 is 11.1 Å². The number of anilines is 1. The minimum Gasteiger partial charge on any atom is -0.399 e. The van der Waals surface area contributed by atoms with E-state index in [0.29, 0.717) is 13.2 Å². The lowest BCUT2D eigenvalue weighted by atomic mass is 10.1. The van der Waals surface area contributed by atoms with Gasteiger partial charge in [0.2, 0.25) is 5.91 Å². The van der Waals surface area contributed by atoms with E-state index in [4.69, 9.17) is 10.5 Å². The first-order valence-corrected chi connectivity index (χ1v) is 5.87. The summed E-state index contributed by atoms with van der Waals surface area (Å²) in [4.78, 5) is 11.4. The second-order valence-electron chi connectivity index (χ2n) is 3.86. The molecule has 1 atom stereocenters. The van der Waals surface area contributed by atoms with Crippen LogP contribution in [0.5, 0.6) is 0 Å². The Labute approximate surface area is 102 Å². The summed E-state index contributed by atoms with van der Waals surface area (Å²) >= 11 is 0. The van der Waals surface area contributed by atoms with Crippen molar-refractivity contribution in [3.8, 4) is 0 Å². The van der Waals surface area contributed by atoms with Crippen LogP contribution in [-0.4, -0.2) is 25.2 Å². The fourth-order valence-electron chi connectivity index (χ4n) is 1.50. The second kappa shape index (κ2) is 6.91. The predicted molar refractivity (Wildman–Crippen MR) is 68.7 cm³/mol. The van der Waals surface area contributed by atoms with Crippen LogP contribution in [0.4, 0.5) is 5.69 Å². The van der Waals surface area contributed by atoms with Gasteiger partial charge in [-0.25, -0.2) is 0 Å². The average molecular weight is 236 g/mol. The van der Waals surface area contributed by atoms with Crippen LogP contribution in [0, 0.1) is 0 Å². The topological polar surface area (TPSA) is 64.3 Å². The lowest BCUT2D eigenvalue weighted by molar-refractivity contribution is -0.131. The first kappa shape index (κ1) is 13.5. The molecule has 0 aliphatic heterocycles. The van der Waals surface area contributed by atoms with Gasteiger partial charge in [0.25, 0.3) is 0 Å². The van der Waals surface area contributed by atoms with Crippen molar-refractivity contribution in [3.63, 3.8) is 0 Å². The zero-order chi connectivity index (χ0) is 12.7. The molecule has 4 heteroatoms. The Hall–Kier alpha value is -1.55. The van der Waals surface area contributed by atoms with Crippen molar-refractivity contribution in [2.24, 2.45) is 0 Å². The van der Waals surface area contributed by atoms with Crippen LogP contribution in [-0.2, 0) is 16.0 Å². The van der Waals surface area contributed by atoms with Gasteiger partial charge in [0, 0.05) is 12.2 Å². The van der Waals surface area contributed by atoms with Crippen molar-refractivity contribution >= 4 is 11.6 Å². The number of carbonyl (C=O) groups excluding carboxylic acids is 1. The number of amides is 1. The van der Waals surface area contributed by atoms with Crippen LogP contribution in [0.15, 0.2) is 24.3 Å². The normalized spacial score (nSPS) is 12.1. The summed E-state index contributed by atoms with van der Waals surface area (Å²) in [6, 6.07) is 7.67. The number of rotatable bonds is 6. The average Bonchev–Trinajstić information content (AvgIpc) is 2.31. The van der Waals surface area contributed by atoms with E-state index in [9.17, 15) is 4.79 Å². The maximum absolute atomic E-state index is 11.4. The molecule has 4 nitrogen and oxygen atoms in total. The SMILES string of the molecule is CCNC(=O)C(C)OCCc1ccccc1N. The standard InChI is InChI=1S/C13H20N2O2/c1-3-15-13(16)10(2)17-9-8-11-6-4-5-7-12(11)14/h4-7,10H,3,8-9,14H2,1-2H3,(H,15,16). The monoisotopic (exact) mass is 236 g/mol. The summed E-state index contributed by atoms with van der Waals surface area (Å²) in [6.45, 7) is 4.75. The molecular formula is C13H20N2O2. The maximum Gasteiger partial charge on any atom is 0.248 e. The van der Waals surface area contributed by atoms with E-state index in [2.05, 4.69) is 5.32 Å². The summed E-state index contributed by atoms with van der Waals surface area (Å²) in [5.41, 5.74) is 7.63. The Morgan fingerprint density at radius 3 is 2.82 bits per heavy atom. The van der Waals surface area contributed by atoms with Gasteiger partial charge in [-0.15, -0.1) is 0 Å². The van der Waals surface area contributed by atoms with Crippen molar-refractivity contribution in [1.29, 1.82) is 0 Å². The van der Waals surface area contributed by atoms with Crippen LogP contribution in [0.1, 0.15) is 19.4 Å². The van der Waals surface area contributed by atoms with Gasteiger partial charge in [-0.2, -0.15) is 0 Å². The van der Waals surface area contributed by atoms with E-state index in [1.807, 2.05) is 31.2 Å². The highest BCUT2D eigenvalue weighted by atomic mass is 16.5. The predicted octanol–water partition coefficient (Wildman–Crippen LogP) is 1.35.